The fraction of sp³-hybridized carbons (Fsp3) is 0.357. The third-order valence-electron chi connectivity index (χ3n) is 3.41. The standard InChI is InChI=1S/C14H15NO2/c1-8-3-6-12(17-2)14-13(8)11(16)7-10(15-14)9-4-5-9/h3,6-7,9H,4-5H2,1-2H3,(H,15,16). The smallest absolute Gasteiger partial charge is 0.190 e. The minimum atomic E-state index is 0.0945. The van der Waals surface area contributed by atoms with E-state index in [-0.39, 0.29) is 5.43 Å². The van der Waals surface area contributed by atoms with Crippen molar-refractivity contribution in [2.45, 2.75) is 25.7 Å². The summed E-state index contributed by atoms with van der Waals surface area (Å²) in [5, 5.41) is 0.744. The average Bonchev–Trinajstić information content (AvgIpc) is 3.12. The normalized spacial score (nSPS) is 15.2. The molecule has 3 rings (SSSR count). The number of nitrogens with one attached hydrogen (secondary N) is 1. The molecule has 1 aromatic heterocycles. The van der Waals surface area contributed by atoms with Gasteiger partial charge in [0.15, 0.2) is 5.43 Å². The quantitative estimate of drug-likeness (QED) is 0.860. The minimum Gasteiger partial charge on any atom is -0.495 e. The van der Waals surface area contributed by atoms with Crippen LogP contribution in [0.2, 0.25) is 0 Å². The number of aromatic amines is 1. The van der Waals surface area contributed by atoms with E-state index in [0.29, 0.717) is 5.92 Å². The molecule has 0 atom stereocenters. The molecule has 1 N–H and O–H groups in total. The molecule has 0 unspecified atom stereocenters. The molecule has 1 aliphatic carbocycles. The van der Waals surface area contributed by atoms with E-state index in [9.17, 15) is 4.79 Å². The molecule has 88 valence electrons. The van der Waals surface area contributed by atoms with Crippen molar-refractivity contribution in [1.82, 2.24) is 4.98 Å². The highest BCUT2D eigenvalue weighted by atomic mass is 16.5. The second-order valence-corrected chi connectivity index (χ2v) is 4.70. The number of H-pyrrole nitrogens is 1. The Kier molecular flexibility index (Phi) is 2.21. The summed E-state index contributed by atoms with van der Waals surface area (Å²) in [6, 6.07) is 5.57. The first-order valence-electron chi connectivity index (χ1n) is 5.91. The van der Waals surface area contributed by atoms with Gasteiger partial charge in [0.25, 0.3) is 0 Å². The first kappa shape index (κ1) is 10.4. The van der Waals surface area contributed by atoms with Crippen molar-refractivity contribution >= 4 is 10.9 Å². The van der Waals surface area contributed by atoms with E-state index < -0.39 is 0 Å². The molecule has 1 aromatic carbocycles. The van der Waals surface area contributed by atoms with Crippen molar-refractivity contribution in [2.24, 2.45) is 0 Å². The summed E-state index contributed by atoms with van der Waals surface area (Å²) in [6.45, 7) is 1.95. The van der Waals surface area contributed by atoms with E-state index in [1.807, 2.05) is 19.1 Å². The fourth-order valence-corrected chi connectivity index (χ4v) is 2.31. The molecular formula is C14H15NO2. The van der Waals surface area contributed by atoms with Gasteiger partial charge in [-0.2, -0.15) is 0 Å². The van der Waals surface area contributed by atoms with Crippen molar-refractivity contribution in [3.63, 3.8) is 0 Å². The molecule has 2 aromatic rings. The Hall–Kier alpha value is -1.77. The van der Waals surface area contributed by atoms with Crippen molar-refractivity contribution in [1.29, 1.82) is 0 Å². The molecule has 17 heavy (non-hydrogen) atoms. The number of rotatable bonds is 2. The lowest BCUT2D eigenvalue weighted by atomic mass is 10.1. The number of aryl methyl sites for hydroxylation is 1. The largest absolute Gasteiger partial charge is 0.495 e. The molecule has 0 radical (unpaired) electrons. The van der Waals surface area contributed by atoms with Gasteiger partial charge in [-0.15, -0.1) is 0 Å². The van der Waals surface area contributed by atoms with Crippen LogP contribution in [0.5, 0.6) is 5.75 Å². The molecule has 1 fully saturated rings. The van der Waals surface area contributed by atoms with Gasteiger partial charge in [0.1, 0.15) is 5.75 Å². The van der Waals surface area contributed by atoms with Gasteiger partial charge in [0.05, 0.1) is 18.0 Å². The number of benzene rings is 1. The van der Waals surface area contributed by atoms with E-state index in [2.05, 4.69) is 4.98 Å². The van der Waals surface area contributed by atoms with Crippen molar-refractivity contribution in [2.75, 3.05) is 7.11 Å². The molecule has 1 aliphatic rings. The molecule has 0 aliphatic heterocycles. The van der Waals surface area contributed by atoms with Crippen LogP contribution in [0.4, 0.5) is 0 Å². The van der Waals surface area contributed by atoms with Gasteiger partial charge in [-0.05, 0) is 37.3 Å². The Balaban J connectivity index is 2.38. The van der Waals surface area contributed by atoms with Gasteiger partial charge >= 0.3 is 0 Å². The van der Waals surface area contributed by atoms with Crippen LogP contribution in [0, 0.1) is 6.92 Å². The Bertz CT molecular complexity index is 638. The Morgan fingerprint density at radius 1 is 1.35 bits per heavy atom. The Morgan fingerprint density at radius 3 is 2.76 bits per heavy atom. The maximum absolute atomic E-state index is 12.1. The van der Waals surface area contributed by atoms with Crippen LogP contribution in [-0.4, -0.2) is 12.1 Å². The number of aromatic nitrogens is 1. The van der Waals surface area contributed by atoms with Gasteiger partial charge < -0.3 is 9.72 Å². The number of pyridine rings is 1. The second-order valence-electron chi connectivity index (χ2n) is 4.70. The summed E-state index contributed by atoms with van der Waals surface area (Å²) >= 11 is 0. The number of ether oxygens (including phenoxy) is 1. The summed E-state index contributed by atoms with van der Waals surface area (Å²) in [5.74, 6) is 1.28. The van der Waals surface area contributed by atoms with Gasteiger partial charge in [0, 0.05) is 11.8 Å². The summed E-state index contributed by atoms with van der Waals surface area (Å²) in [7, 11) is 1.63. The zero-order chi connectivity index (χ0) is 12.0. The molecule has 0 bridgehead atoms. The van der Waals surface area contributed by atoms with Crippen LogP contribution in [0.25, 0.3) is 10.9 Å². The summed E-state index contributed by atoms with van der Waals surface area (Å²) in [6.07, 6.45) is 2.35. The van der Waals surface area contributed by atoms with E-state index in [0.717, 1.165) is 27.9 Å². The molecular weight excluding hydrogens is 214 g/mol. The van der Waals surface area contributed by atoms with Crippen molar-refractivity contribution in [3.05, 3.63) is 39.7 Å². The third-order valence-corrected chi connectivity index (χ3v) is 3.41. The lowest BCUT2D eigenvalue weighted by molar-refractivity contribution is 0.418. The highest BCUT2D eigenvalue weighted by Crippen LogP contribution is 2.39. The Labute approximate surface area is 99.4 Å². The summed E-state index contributed by atoms with van der Waals surface area (Å²) in [5.41, 5.74) is 2.97. The van der Waals surface area contributed by atoms with E-state index in [1.54, 1.807) is 13.2 Å². The Morgan fingerprint density at radius 2 is 2.12 bits per heavy atom. The predicted octanol–water partition coefficient (Wildman–Crippen LogP) is 2.72. The molecule has 0 spiro atoms. The molecule has 3 heteroatoms. The number of hydrogen-bond acceptors (Lipinski definition) is 2. The van der Waals surface area contributed by atoms with Gasteiger partial charge in [-0.3, -0.25) is 4.79 Å². The SMILES string of the molecule is COc1ccc(C)c2c(=O)cc(C3CC3)[nH]c12. The fourth-order valence-electron chi connectivity index (χ4n) is 2.31. The molecule has 1 saturated carbocycles. The summed E-state index contributed by atoms with van der Waals surface area (Å²) in [4.78, 5) is 15.5. The molecule has 3 nitrogen and oxygen atoms in total. The highest BCUT2D eigenvalue weighted by molar-refractivity contribution is 5.87. The second kappa shape index (κ2) is 3.62. The zero-order valence-electron chi connectivity index (χ0n) is 10.0. The van der Waals surface area contributed by atoms with Crippen LogP contribution in [0.3, 0.4) is 0 Å². The maximum atomic E-state index is 12.1. The monoisotopic (exact) mass is 229 g/mol. The van der Waals surface area contributed by atoms with Crippen LogP contribution in [0.15, 0.2) is 23.0 Å². The van der Waals surface area contributed by atoms with E-state index in [1.165, 1.54) is 12.8 Å². The molecule has 0 amide bonds. The molecule has 0 saturated heterocycles. The van der Waals surface area contributed by atoms with Gasteiger partial charge in [-0.25, -0.2) is 0 Å². The zero-order valence-corrected chi connectivity index (χ0v) is 10.0. The number of methoxy groups -OCH3 is 1. The van der Waals surface area contributed by atoms with E-state index >= 15 is 0 Å². The third kappa shape index (κ3) is 1.62. The van der Waals surface area contributed by atoms with Crippen LogP contribution >= 0.6 is 0 Å². The van der Waals surface area contributed by atoms with Crippen LogP contribution < -0.4 is 10.2 Å². The topological polar surface area (TPSA) is 42.1 Å². The minimum absolute atomic E-state index is 0.0945. The average molecular weight is 229 g/mol. The lowest BCUT2D eigenvalue weighted by Crippen LogP contribution is -2.07. The van der Waals surface area contributed by atoms with Gasteiger partial charge in [0.2, 0.25) is 0 Å². The van der Waals surface area contributed by atoms with Gasteiger partial charge in [-0.1, -0.05) is 6.07 Å². The molecule has 1 heterocycles. The summed E-state index contributed by atoms with van der Waals surface area (Å²) < 4.78 is 5.32. The maximum Gasteiger partial charge on any atom is 0.190 e. The van der Waals surface area contributed by atoms with Crippen LogP contribution in [-0.2, 0) is 0 Å². The first-order valence-corrected chi connectivity index (χ1v) is 5.91. The predicted molar refractivity (Wildman–Crippen MR) is 67.8 cm³/mol. The van der Waals surface area contributed by atoms with Crippen LogP contribution in [0.1, 0.15) is 30.0 Å². The van der Waals surface area contributed by atoms with Crippen molar-refractivity contribution in [3.8, 4) is 5.75 Å². The van der Waals surface area contributed by atoms with E-state index in [4.69, 9.17) is 4.74 Å². The van der Waals surface area contributed by atoms with Crippen molar-refractivity contribution < 1.29 is 4.74 Å². The number of hydrogen-bond donors (Lipinski definition) is 1. The number of fused-ring (bicyclic) bond motifs is 1. The highest BCUT2D eigenvalue weighted by Gasteiger charge is 2.25. The first-order chi connectivity index (χ1) is 8.20. The lowest BCUT2D eigenvalue weighted by Gasteiger charge is -2.09.